The highest BCUT2D eigenvalue weighted by atomic mass is 16.5. The molecule has 1 aromatic carbocycles. The van der Waals surface area contributed by atoms with Crippen molar-refractivity contribution in [3.05, 3.63) is 23.8 Å². The second kappa shape index (κ2) is 5.61. The van der Waals surface area contributed by atoms with Gasteiger partial charge in [0.15, 0.2) is 0 Å². The lowest BCUT2D eigenvalue weighted by molar-refractivity contribution is 0.0359. The van der Waals surface area contributed by atoms with Gasteiger partial charge in [0.05, 0.1) is 13.2 Å². The lowest BCUT2D eigenvalue weighted by atomic mass is 9.90. The minimum absolute atomic E-state index is 0.112. The van der Waals surface area contributed by atoms with E-state index in [4.69, 9.17) is 9.47 Å². The lowest BCUT2D eigenvalue weighted by Crippen LogP contribution is -2.31. The summed E-state index contributed by atoms with van der Waals surface area (Å²) >= 11 is 0. The van der Waals surface area contributed by atoms with Gasteiger partial charge in [0.25, 0.3) is 0 Å². The maximum atomic E-state index is 10.2. The number of hydrogen-bond acceptors (Lipinski definition) is 3. The highest BCUT2D eigenvalue weighted by Gasteiger charge is 2.30. The van der Waals surface area contributed by atoms with E-state index in [9.17, 15) is 5.11 Å². The van der Waals surface area contributed by atoms with E-state index in [1.807, 2.05) is 18.2 Å². The molecule has 0 saturated carbocycles. The Kier molecular flexibility index (Phi) is 4.12. The predicted molar refractivity (Wildman–Crippen MR) is 71.1 cm³/mol. The first-order valence-electron chi connectivity index (χ1n) is 6.68. The Morgan fingerprint density at radius 2 is 2.28 bits per heavy atom. The van der Waals surface area contributed by atoms with Gasteiger partial charge in [-0.1, -0.05) is 20.3 Å². The smallest absolute Gasteiger partial charge is 0.125 e. The maximum absolute atomic E-state index is 10.2. The van der Waals surface area contributed by atoms with Gasteiger partial charge in [-0.3, -0.25) is 0 Å². The fourth-order valence-corrected chi connectivity index (χ4v) is 2.57. The van der Waals surface area contributed by atoms with E-state index in [2.05, 4.69) is 13.8 Å². The van der Waals surface area contributed by atoms with Crippen LogP contribution in [0.25, 0.3) is 0 Å². The predicted octanol–water partition coefficient (Wildman–Crippen LogP) is 3.32. The fourth-order valence-electron chi connectivity index (χ4n) is 2.57. The first-order valence-corrected chi connectivity index (χ1v) is 6.68. The topological polar surface area (TPSA) is 38.7 Å². The average Bonchev–Trinajstić information content (AvgIpc) is 2.38. The minimum Gasteiger partial charge on any atom is -0.497 e. The Morgan fingerprint density at radius 3 is 2.94 bits per heavy atom. The molecule has 1 heterocycles. The highest BCUT2D eigenvalue weighted by Crippen LogP contribution is 2.39. The number of aliphatic hydroxyl groups is 1. The number of methoxy groups -OCH3 is 1. The van der Waals surface area contributed by atoms with E-state index >= 15 is 0 Å². The Labute approximate surface area is 109 Å². The van der Waals surface area contributed by atoms with Crippen LogP contribution in [0.3, 0.4) is 0 Å². The highest BCUT2D eigenvalue weighted by molar-refractivity contribution is 5.43. The zero-order valence-electron chi connectivity index (χ0n) is 11.3. The Morgan fingerprint density at radius 1 is 1.50 bits per heavy atom. The van der Waals surface area contributed by atoms with Crippen LogP contribution in [0, 0.1) is 5.92 Å². The summed E-state index contributed by atoms with van der Waals surface area (Å²) in [7, 11) is 1.63. The van der Waals surface area contributed by atoms with E-state index in [0.29, 0.717) is 12.3 Å². The van der Waals surface area contributed by atoms with Crippen molar-refractivity contribution < 1.29 is 14.6 Å². The lowest BCUT2D eigenvalue weighted by Gasteiger charge is -2.33. The molecule has 2 unspecified atom stereocenters. The molecular weight excluding hydrogens is 228 g/mol. The minimum atomic E-state index is -0.451. The molecule has 100 valence electrons. The van der Waals surface area contributed by atoms with Crippen LogP contribution in [-0.2, 0) is 0 Å². The quantitative estimate of drug-likeness (QED) is 0.891. The van der Waals surface area contributed by atoms with E-state index in [0.717, 1.165) is 29.9 Å². The van der Waals surface area contributed by atoms with Crippen LogP contribution in [0.4, 0.5) is 0 Å². The first kappa shape index (κ1) is 13.2. The van der Waals surface area contributed by atoms with E-state index in [1.165, 1.54) is 0 Å². The SMILES string of the molecule is CCCC(C)C1C[C@H](O)c2cc(OC)ccc2O1. The van der Waals surface area contributed by atoms with Gasteiger partial charge < -0.3 is 14.6 Å². The van der Waals surface area contributed by atoms with Crippen molar-refractivity contribution in [1.82, 2.24) is 0 Å². The van der Waals surface area contributed by atoms with E-state index < -0.39 is 6.10 Å². The number of benzene rings is 1. The van der Waals surface area contributed by atoms with Gasteiger partial charge in [-0.25, -0.2) is 0 Å². The van der Waals surface area contributed by atoms with Crippen LogP contribution < -0.4 is 9.47 Å². The third-order valence-electron chi connectivity index (χ3n) is 3.69. The van der Waals surface area contributed by atoms with E-state index in [-0.39, 0.29) is 6.10 Å². The van der Waals surface area contributed by atoms with Gasteiger partial charge in [0.2, 0.25) is 0 Å². The van der Waals surface area contributed by atoms with Crippen molar-refractivity contribution in [2.45, 2.75) is 45.3 Å². The second-order valence-corrected chi connectivity index (χ2v) is 5.08. The molecule has 0 fully saturated rings. The zero-order chi connectivity index (χ0) is 13.1. The molecule has 0 aliphatic carbocycles. The Balaban J connectivity index is 2.18. The summed E-state index contributed by atoms with van der Waals surface area (Å²) in [5.41, 5.74) is 0.842. The van der Waals surface area contributed by atoms with Crippen LogP contribution in [0.1, 0.15) is 44.8 Å². The summed E-state index contributed by atoms with van der Waals surface area (Å²) in [5, 5.41) is 10.2. The van der Waals surface area contributed by atoms with Crippen LogP contribution in [0.2, 0.25) is 0 Å². The van der Waals surface area contributed by atoms with Crippen molar-refractivity contribution in [2.24, 2.45) is 5.92 Å². The van der Waals surface area contributed by atoms with Crippen molar-refractivity contribution in [3.8, 4) is 11.5 Å². The van der Waals surface area contributed by atoms with Crippen LogP contribution in [0.15, 0.2) is 18.2 Å². The fraction of sp³-hybridized carbons (Fsp3) is 0.600. The molecule has 1 aliphatic heterocycles. The molecule has 0 saturated heterocycles. The normalized spacial score (nSPS) is 24.0. The summed E-state index contributed by atoms with van der Waals surface area (Å²) in [5.74, 6) is 2.03. The van der Waals surface area contributed by atoms with Crippen LogP contribution >= 0.6 is 0 Å². The second-order valence-electron chi connectivity index (χ2n) is 5.08. The number of hydrogen-bond donors (Lipinski definition) is 1. The maximum Gasteiger partial charge on any atom is 0.125 e. The van der Waals surface area contributed by atoms with Crippen LogP contribution in [0.5, 0.6) is 11.5 Å². The van der Waals surface area contributed by atoms with Gasteiger partial charge in [0, 0.05) is 12.0 Å². The summed E-state index contributed by atoms with van der Waals surface area (Å²) in [6.45, 7) is 4.37. The molecule has 0 spiro atoms. The molecule has 3 nitrogen and oxygen atoms in total. The zero-order valence-corrected chi connectivity index (χ0v) is 11.3. The van der Waals surface area contributed by atoms with Gasteiger partial charge in [-0.15, -0.1) is 0 Å². The van der Waals surface area contributed by atoms with Gasteiger partial charge in [0.1, 0.15) is 17.6 Å². The monoisotopic (exact) mass is 250 g/mol. The van der Waals surface area contributed by atoms with Crippen molar-refractivity contribution in [1.29, 1.82) is 0 Å². The summed E-state index contributed by atoms with van der Waals surface area (Å²) in [6, 6.07) is 5.63. The summed E-state index contributed by atoms with van der Waals surface area (Å²) in [6.07, 6.45) is 2.60. The van der Waals surface area contributed by atoms with Gasteiger partial charge in [-0.2, -0.15) is 0 Å². The number of ether oxygens (including phenoxy) is 2. The largest absolute Gasteiger partial charge is 0.497 e. The molecule has 3 atom stereocenters. The molecule has 1 aromatic rings. The van der Waals surface area contributed by atoms with Crippen molar-refractivity contribution >= 4 is 0 Å². The molecule has 3 heteroatoms. The standard InChI is InChI=1S/C15H22O3/c1-4-5-10(2)15-9-13(16)12-8-11(17-3)6-7-14(12)18-15/h6-8,10,13,15-16H,4-5,9H2,1-3H3/t10?,13-,15?/m0/s1. The number of fused-ring (bicyclic) bond motifs is 1. The van der Waals surface area contributed by atoms with E-state index in [1.54, 1.807) is 7.11 Å². The molecule has 2 rings (SSSR count). The molecule has 0 aromatic heterocycles. The molecule has 0 amide bonds. The summed E-state index contributed by atoms with van der Waals surface area (Å²) < 4.78 is 11.2. The van der Waals surface area contributed by atoms with Crippen LogP contribution in [-0.4, -0.2) is 18.3 Å². The van der Waals surface area contributed by atoms with Crippen molar-refractivity contribution in [2.75, 3.05) is 7.11 Å². The molecule has 0 bridgehead atoms. The van der Waals surface area contributed by atoms with Gasteiger partial charge >= 0.3 is 0 Å². The number of rotatable bonds is 4. The van der Waals surface area contributed by atoms with Crippen molar-refractivity contribution in [3.63, 3.8) is 0 Å². The molecular formula is C15H22O3. The third-order valence-corrected chi connectivity index (χ3v) is 3.69. The third kappa shape index (κ3) is 2.61. The average molecular weight is 250 g/mol. The molecule has 18 heavy (non-hydrogen) atoms. The Hall–Kier alpha value is -1.22. The number of aliphatic hydroxyl groups excluding tert-OH is 1. The molecule has 1 aliphatic rings. The first-order chi connectivity index (χ1) is 8.65. The summed E-state index contributed by atoms with van der Waals surface area (Å²) in [4.78, 5) is 0. The molecule has 1 N–H and O–H groups in total. The van der Waals surface area contributed by atoms with Gasteiger partial charge in [-0.05, 0) is 30.5 Å². The molecule has 0 radical (unpaired) electrons. The Bertz CT molecular complexity index is 403.